The average molecular weight is 263 g/mol. The van der Waals surface area contributed by atoms with Crippen molar-refractivity contribution in [2.75, 3.05) is 7.11 Å². The van der Waals surface area contributed by atoms with Crippen molar-refractivity contribution in [1.29, 1.82) is 0 Å². The van der Waals surface area contributed by atoms with Crippen LogP contribution in [0.25, 0.3) is 0 Å². The predicted octanol–water partition coefficient (Wildman–Crippen LogP) is 2.42. The van der Waals surface area contributed by atoms with Crippen LogP contribution >= 0.6 is 0 Å². The molecule has 1 aromatic carbocycles. The second-order valence-corrected chi connectivity index (χ2v) is 3.97. The molecule has 1 heterocycles. The van der Waals surface area contributed by atoms with Gasteiger partial charge in [0.2, 0.25) is 0 Å². The van der Waals surface area contributed by atoms with Crippen molar-refractivity contribution < 1.29 is 18.3 Å². The summed E-state index contributed by atoms with van der Waals surface area (Å²) in [6.45, 7) is 0.379. The fraction of sp³-hybridized carbons (Fsp3) is 0.214. The number of benzene rings is 1. The molecule has 0 amide bonds. The molecule has 0 saturated carbocycles. The second-order valence-electron chi connectivity index (χ2n) is 3.97. The number of halogens is 1. The molecule has 4 nitrogen and oxygen atoms in total. The van der Waals surface area contributed by atoms with Crippen LogP contribution in [0.1, 0.15) is 17.4 Å². The zero-order valence-corrected chi connectivity index (χ0v) is 10.4. The van der Waals surface area contributed by atoms with E-state index >= 15 is 0 Å². The van der Waals surface area contributed by atoms with Gasteiger partial charge >= 0.3 is 5.97 Å². The molecule has 0 bridgehead atoms. The zero-order valence-electron chi connectivity index (χ0n) is 10.4. The molecule has 0 radical (unpaired) electrons. The molecule has 1 atom stereocenters. The van der Waals surface area contributed by atoms with Crippen molar-refractivity contribution in [3.05, 3.63) is 59.8 Å². The molecule has 2 aromatic rings. The molecule has 100 valence electrons. The molecular weight excluding hydrogens is 249 g/mol. The van der Waals surface area contributed by atoms with Gasteiger partial charge in [0.1, 0.15) is 17.6 Å². The summed E-state index contributed by atoms with van der Waals surface area (Å²) in [6, 6.07) is 8.61. The van der Waals surface area contributed by atoms with Crippen molar-refractivity contribution in [3.8, 4) is 0 Å². The number of furan rings is 1. The van der Waals surface area contributed by atoms with Gasteiger partial charge in [-0.15, -0.1) is 0 Å². The van der Waals surface area contributed by atoms with Gasteiger partial charge in [-0.2, -0.15) is 0 Å². The summed E-state index contributed by atoms with van der Waals surface area (Å²) >= 11 is 0. The van der Waals surface area contributed by atoms with Crippen molar-refractivity contribution in [1.82, 2.24) is 5.32 Å². The molecule has 0 aliphatic rings. The standard InChI is InChI=1S/C14H14FNO3/c1-18-14(17)13(10-4-6-11(15)7-5-10)16-9-12-3-2-8-19-12/h2-8,13,16H,9H2,1H3. The van der Waals surface area contributed by atoms with E-state index in [0.717, 1.165) is 0 Å². The Balaban J connectivity index is 2.11. The first kappa shape index (κ1) is 13.3. The Morgan fingerprint density at radius 1 is 1.37 bits per heavy atom. The highest BCUT2D eigenvalue weighted by molar-refractivity contribution is 5.77. The predicted molar refractivity (Wildman–Crippen MR) is 66.7 cm³/mol. The fourth-order valence-electron chi connectivity index (χ4n) is 1.73. The zero-order chi connectivity index (χ0) is 13.7. The second kappa shape index (κ2) is 6.15. The minimum absolute atomic E-state index is 0.349. The van der Waals surface area contributed by atoms with Crippen LogP contribution in [0.2, 0.25) is 0 Å². The summed E-state index contributed by atoms with van der Waals surface area (Å²) in [6.07, 6.45) is 1.56. The van der Waals surface area contributed by atoms with Crippen LogP contribution in [-0.4, -0.2) is 13.1 Å². The molecule has 1 aromatic heterocycles. The van der Waals surface area contributed by atoms with Crippen LogP contribution in [0.15, 0.2) is 47.1 Å². The molecule has 5 heteroatoms. The van der Waals surface area contributed by atoms with Crippen LogP contribution in [0.3, 0.4) is 0 Å². The molecule has 2 rings (SSSR count). The lowest BCUT2D eigenvalue weighted by Gasteiger charge is -2.16. The van der Waals surface area contributed by atoms with Crippen LogP contribution in [0.5, 0.6) is 0 Å². The number of methoxy groups -OCH3 is 1. The van der Waals surface area contributed by atoms with E-state index in [9.17, 15) is 9.18 Å². The van der Waals surface area contributed by atoms with E-state index in [1.807, 2.05) is 0 Å². The van der Waals surface area contributed by atoms with Crippen molar-refractivity contribution in [3.63, 3.8) is 0 Å². The lowest BCUT2D eigenvalue weighted by molar-refractivity contribution is -0.143. The van der Waals surface area contributed by atoms with Crippen LogP contribution in [0.4, 0.5) is 4.39 Å². The van der Waals surface area contributed by atoms with Gasteiger partial charge in [0.15, 0.2) is 0 Å². The minimum Gasteiger partial charge on any atom is -0.468 e. The first-order chi connectivity index (χ1) is 9.20. The number of carbonyl (C=O) groups excluding carboxylic acids is 1. The van der Waals surface area contributed by atoms with Gasteiger partial charge in [-0.3, -0.25) is 5.32 Å². The first-order valence-corrected chi connectivity index (χ1v) is 5.80. The summed E-state index contributed by atoms with van der Waals surface area (Å²) in [5.41, 5.74) is 0.639. The normalized spacial score (nSPS) is 12.1. The summed E-state index contributed by atoms with van der Waals surface area (Å²) < 4.78 is 22.8. The Morgan fingerprint density at radius 2 is 2.11 bits per heavy atom. The lowest BCUT2D eigenvalue weighted by atomic mass is 10.1. The maximum absolute atomic E-state index is 12.9. The third kappa shape index (κ3) is 3.42. The molecular formula is C14H14FNO3. The van der Waals surface area contributed by atoms with Gasteiger partial charge in [-0.25, -0.2) is 9.18 Å². The number of nitrogens with one attached hydrogen (secondary N) is 1. The Hall–Kier alpha value is -2.14. The maximum Gasteiger partial charge on any atom is 0.327 e. The molecule has 1 N–H and O–H groups in total. The number of ether oxygens (including phenoxy) is 1. The van der Waals surface area contributed by atoms with Crippen molar-refractivity contribution >= 4 is 5.97 Å². The molecule has 0 spiro atoms. The van der Waals surface area contributed by atoms with Gasteiger partial charge in [-0.05, 0) is 29.8 Å². The van der Waals surface area contributed by atoms with Crippen molar-refractivity contribution in [2.45, 2.75) is 12.6 Å². The van der Waals surface area contributed by atoms with E-state index in [2.05, 4.69) is 5.32 Å². The van der Waals surface area contributed by atoms with Crippen molar-refractivity contribution in [2.24, 2.45) is 0 Å². The topological polar surface area (TPSA) is 51.5 Å². The van der Waals surface area contributed by atoms with Crippen LogP contribution in [0, 0.1) is 5.82 Å². The van der Waals surface area contributed by atoms with E-state index in [1.54, 1.807) is 30.5 Å². The number of rotatable bonds is 5. The Kier molecular flexibility index (Phi) is 4.30. The van der Waals surface area contributed by atoms with E-state index < -0.39 is 12.0 Å². The van der Waals surface area contributed by atoms with Gasteiger partial charge in [-0.1, -0.05) is 12.1 Å². The molecule has 19 heavy (non-hydrogen) atoms. The van der Waals surface area contributed by atoms with E-state index in [4.69, 9.17) is 9.15 Å². The first-order valence-electron chi connectivity index (χ1n) is 5.80. The smallest absolute Gasteiger partial charge is 0.327 e. The van der Waals surface area contributed by atoms with Gasteiger partial charge in [0, 0.05) is 0 Å². The minimum atomic E-state index is -0.657. The average Bonchev–Trinajstić information content (AvgIpc) is 2.93. The lowest BCUT2D eigenvalue weighted by Crippen LogP contribution is -2.29. The number of carbonyl (C=O) groups is 1. The van der Waals surface area contributed by atoms with Crippen LogP contribution in [-0.2, 0) is 16.1 Å². The molecule has 0 aliphatic heterocycles. The highest BCUT2D eigenvalue weighted by Crippen LogP contribution is 2.16. The van der Waals surface area contributed by atoms with E-state index in [-0.39, 0.29) is 5.82 Å². The third-order valence-electron chi connectivity index (χ3n) is 2.70. The number of hydrogen-bond donors (Lipinski definition) is 1. The van der Waals surface area contributed by atoms with Gasteiger partial charge in [0.05, 0.1) is 19.9 Å². The number of esters is 1. The molecule has 1 unspecified atom stereocenters. The maximum atomic E-state index is 12.9. The van der Waals surface area contributed by atoms with E-state index in [0.29, 0.717) is 17.9 Å². The Morgan fingerprint density at radius 3 is 2.68 bits per heavy atom. The quantitative estimate of drug-likeness (QED) is 0.842. The molecule has 0 saturated heterocycles. The highest BCUT2D eigenvalue weighted by Gasteiger charge is 2.21. The Bertz CT molecular complexity index is 522. The van der Waals surface area contributed by atoms with Gasteiger partial charge < -0.3 is 9.15 Å². The molecule has 0 fully saturated rings. The highest BCUT2D eigenvalue weighted by atomic mass is 19.1. The largest absolute Gasteiger partial charge is 0.468 e. The summed E-state index contributed by atoms with van der Waals surface area (Å²) in [4.78, 5) is 11.7. The van der Waals surface area contributed by atoms with Gasteiger partial charge in [0.25, 0.3) is 0 Å². The SMILES string of the molecule is COC(=O)C(NCc1ccco1)c1ccc(F)cc1. The third-order valence-corrected chi connectivity index (χ3v) is 2.70. The Labute approximate surface area is 110 Å². The fourth-order valence-corrected chi connectivity index (χ4v) is 1.73. The monoisotopic (exact) mass is 263 g/mol. The number of hydrogen-bond acceptors (Lipinski definition) is 4. The summed E-state index contributed by atoms with van der Waals surface area (Å²) in [5, 5.41) is 3.02. The van der Waals surface area contributed by atoms with E-state index in [1.165, 1.54) is 19.2 Å². The molecule has 0 aliphatic carbocycles. The van der Waals surface area contributed by atoms with Crippen LogP contribution < -0.4 is 5.32 Å². The summed E-state index contributed by atoms with van der Waals surface area (Å²) in [5.74, 6) is -0.0763. The summed E-state index contributed by atoms with van der Waals surface area (Å²) in [7, 11) is 1.31.